The highest BCUT2D eigenvalue weighted by atomic mass is 16.6. The van der Waals surface area contributed by atoms with E-state index in [1.54, 1.807) is 24.3 Å². The number of carbonyl (C=O) groups excluding carboxylic acids is 2. The topological polar surface area (TPSA) is 49.9 Å². The zero-order chi connectivity index (χ0) is 13.7. The smallest absolute Gasteiger partial charge is 0.418 e. The summed E-state index contributed by atoms with van der Waals surface area (Å²) in [6, 6.07) is 9.40. The number of likely N-dealkylation sites (N-methyl/N-ethyl adjacent to an activating group) is 1. The largest absolute Gasteiger partial charge is 0.444 e. The molecule has 5 heteroatoms. The number of ether oxygens (including phenoxy) is 1. The van der Waals surface area contributed by atoms with E-state index in [2.05, 4.69) is 0 Å². The first-order valence-electron chi connectivity index (χ1n) is 5.78. The summed E-state index contributed by atoms with van der Waals surface area (Å²) < 4.78 is 5.15. The van der Waals surface area contributed by atoms with Gasteiger partial charge in [-0.15, -0.1) is 0 Å². The third kappa shape index (κ3) is 3.22. The second-order valence-electron chi connectivity index (χ2n) is 4.03. The minimum Gasteiger partial charge on any atom is -0.444 e. The van der Waals surface area contributed by atoms with Crippen molar-refractivity contribution in [1.29, 1.82) is 0 Å². The Morgan fingerprint density at radius 2 is 2.00 bits per heavy atom. The van der Waals surface area contributed by atoms with E-state index in [1.165, 1.54) is 11.1 Å². The predicted molar refractivity (Wildman–Crippen MR) is 69.5 cm³/mol. The fraction of sp³-hybridized carbons (Fsp3) is 0.143. The summed E-state index contributed by atoms with van der Waals surface area (Å²) >= 11 is 0. The van der Waals surface area contributed by atoms with E-state index in [9.17, 15) is 9.59 Å². The number of benzene rings is 1. The fourth-order valence-electron chi connectivity index (χ4n) is 1.56. The number of hydrogen-bond acceptors (Lipinski definition) is 4. The lowest BCUT2D eigenvalue weighted by Crippen LogP contribution is -2.28. The molecule has 0 bridgehead atoms. The highest BCUT2D eigenvalue weighted by Gasteiger charge is 2.16. The van der Waals surface area contributed by atoms with Crippen LogP contribution in [0.3, 0.4) is 0 Å². The van der Waals surface area contributed by atoms with Crippen molar-refractivity contribution in [2.75, 3.05) is 7.05 Å². The van der Waals surface area contributed by atoms with Gasteiger partial charge in [-0.2, -0.15) is 0 Å². The maximum atomic E-state index is 11.8. The van der Waals surface area contributed by atoms with Crippen LogP contribution in [-0.2, 0) is 16.1 Å². The van der Waals surface area contributed by atoms with Gasteiger partial charge in [0, 0.05) is 25.6 Å². The van der Waals surface area contributed by atoms with Gasteiger partial charge < -0.3 is 9.64 Å². The lowest BCUT2D eigenvalue weighted by molar-refractivity contribution is -0.105. The zero-order valence-corrected chi connectivity index (χ0v) is 10.5. The molecule has 0 aromatic heterocycles. The predicted octanol–water partition coefficient (Wildman–Crippen LogP) is 2.08. The van der Waals surface area contributed by atoms with Crippen molar-refractivity contribution in [3.63, 3.8) is 0 Å². The number of nitrogens with zero attached hydrogens (tertiary/aromatic N) is 2. The molecule has 1 aliphatic heterocycles. The molecule has 1 amide bonds. The molecule has 0 radical (unpaired) electrons. The number of amides is 1. The van der Waals surface area contributed by atoms with Gasteiger partial charge in [-0.1, -0.05) is 30.3 Å². The summed E-state index contributed by atoms with van der Waals surface area (Å²) in [5.41, 5.74) is 1.30. The molecular formula is C14H14N2O3. The van der Waals surface area contributed by atoms with Crippen LogP contribution in [-0.4, -0.2) is 29.2 Å². The molecule has 19 heavy (non-hydrogen) atoms. The second-order valence-corrected chi connectivity index (χ2v) is 4.03. The van der Waals surface area contributed by atoms with E-state index in [-0.39, 0.29) is 6.61 Å². The molecule has 1 aliphatic rings. The number of carbonyl (C=O) groups is 2. The van der Waals surface area contributed by atoms with Crippen LogP contribution in [0.4, 0.5) is 4.79 Å². The van der Waals surface area contributed by atoms with Crippen LogP contribution in [0, 0.1) is 0 Å². The van der Waals surface area contributed by atoms with Gasteiger partial charge in [0.2, 0.25) is 0 Å². The molecule has 1 aromatic carbocycles. The van der Waals surface area contributed by atoms with Crippen molar-refractivity contribution in [2.45, 2.75) is 6.61 Å². The Hall–Kier alpha value is -2.56. The Morgan fingerprint density at radius 3 is 2.68 bits per heavy atom. The highest BCUT2D eigenvalue weighted by molar-refractivity contribution is 5.77. The lowest BCUT2D eigenvalue weighted by Gasteiger charge is -2.23. The van der Waals surface area contributed by atoms with Gasteiger partial charge in [-0.3, -0.25) is 9.69 Å². The van der Waals surface area contributed by atoms with Crippen LogP contribution in [0.25, 0.3) is 0 Å². The van der Waals surface area contributed by atoms with E-state index in [0.29, 0.717) is 12.0 Å². The molecule has 98 valence electrons. The van der Waals surface area contributed by atoms with Crippen molar-refractivity contribution >= 4 is 12.4 Å². The molecule has 0 N–H and O–H groups in total. The molecule has 5 nitrogen and oxygen atoms in total. The quantitative estimate of drug-likeness (QED) is 0.779. The first kappa shape index (κ1) is 12.9. The Balaban J connectivity index is 1.96. The number of allylic oxidation sites excluding steroid dienone is 1. The molecule has 0 saturated heterocycles. The van der Waals surface area contributed by atoms with Crippen LogP contribution in [0.15, 0.2) is 54.6 Å². The van der Waals surface area contributed by atoms with Gasteiger partial charge in [0.05, 0.1) is 5.70 Å². The van der Waals surface area contributed by atoms with E-state index in [0.717, 1.165) is 5.56 Å². The van der Waals surface area contributed by atoms with Crippen LogP contribution in [0.2, 0.25) is 0 Å². The standard InChI is InChI=1S/C14H14N2O3/c1-15-7-8-16(9-13(15)10-17)14(18)19-11-12-5-3-2-4-6-12/h2-10H,11H2,1H3. The minimum absolute atomic E-state index is 0.199. The van der Waals surface area contributed by atoms with Gasteiger partial charge in [0.25, 0.3) is 0 Å². The van der Waals surface area contributed by atoms with Crippen LogP contribution in [0.1, 0.15) is 5.56 Å². The molecule has 0 fully saturated rings. The summed E-state index contributed by atoms with van der Waals surface area (Å²) in [4.78, 5) is 25.5. The van der Waals surface area contributed by atoms with Crippen LogP contribution >= 0.6 is 0 Å². The summed E-state index contributed by atoms with van der Waals surface area (Å²) in [6.07, 6.45) is 4.75. The van der Waals surface area contributed by atoms with Crippen LogP contribution in [0.5, 0.6) is 0 Å². The van der Waals surface area contributed by atoms with Gasteiger partial charge in [0.15, 0.2) is 6.29 Å². The maximum absolute atomic E-state index is 11.8. The molecule has 2 rings (SSSR count). The van der Waals surface area contributed by atoms with Crippen molar-refractivity contribution in [3.05, 3.63) is 60.2 Å². The average molecular weight is 258 g/mol. The van der Waals surface area contributed by atoms with Crippen LogP contribution < -0.4 is 0 Å². The molecule has 0 spiro atoms. The normalized spacial score (nSPS) is 14.1. The molecule has 0 atom stereocenters. The Bertz CT molecular complexity index is 523. The summed E-state index contributed by atoms with van der Waals surface area (Å²) in [5.74, 6) is 0. The number of hydrogen-bond donors (Lipinski definition) is 0. The number of aldehydes is 1. The third-order valence-corrected chi connectivity index (χ3v) is 2.67. The van der Waals surface area contributed by atoms with Crippen molar-refractivity contribution < 1.29 is 14.3 Å². The van der Waals surface area contributed by atoms with Crippen molar-refractivity contribution in [2.24, 2.45) is 0 Å². The summed E-state index contributed by atoms with van der Waals surface area (Å²) in [5, 5.41) is 0. The molecule has 0 saturated carbocycles. The second kappa shape index (κ2) is 5.86. The number of rotatable bonds is 3. The lowest BCUT2D eigenvalue weighted by atomic mass is 10.2. The van der Waals surface area contributed by atoms with Crippen molar-refractivity contribution in [3.8, 4) is 0 Å². The Kier molecular flexibility index (Phi) is 3.97. The van der Waals surface area contributed by atoms with Crippen molar-refractivity contribution in [1.82, 2.24) is 9.80 Å². The average Bonchev–Trinajstić information content (AvgIpc) is 2.46. The monoisotopic (exact) mass is 258 g/mol. The van der Waals surface area contributed by atoms with E-state index >= 15 is 0 Å². The maximum Gasteiger partial charge on any atom is 0.418 e. The first-order chi connectivity index (χ1) is 9.20. The van der Waals surface area contributed by atoms with E-state index in [1.807, 2.05) is 30.3 Å². The fourth-order valence-corrected chi connectivity index (χ4v) is 1.56. The third-order valence-electron chi connectivity index (χ3n) is 2.67. The summed E-state index contributed by atoms with van der Waals surface area (Å²) in [7, 11) is 1.73. The molecule has 0 aliphatic carbocycles. The molecular weight excluding hydrogens is 244 g/mol. The van der Waals surface area contributed by atoms with E-state index < -0.39 is 6.09 Å². The zero-order valence-electron chi connectivity index (χ0n) is 10.5. The Labute approximate surface area is 111 Å². The first-order valence-corrected chi connectivity index (χ1v) is 5.78. The van der Waals surface area contributed by atoms with Gasteiger partial charge >= 0.3 is 6.09 Å². The molecule has 1 aromatic rings. The summed E-state index contributed by atoms with van der Waals surface area (Å²) in [6.45, 7) is 0.199. The van der Waals surface area contributed by atoms with Gasteiger partial charge in [0.1, 0.15) is 6.61 Å². The minimum atomic E-state index is -0.521. The SMILES string of the molecule is CN1C=CN(C(=O)OCc2ccccc2)C=C1C=O. The highest BCUT2D eigenvalue weighted by Crippen LogP contribution is 2.11. The van der Waals surface area contributed by atoms with Gasteiger partial charge in [-0.25, -0.2) is 4.79 Å². The Morgan fingerprint density at radius 1 is 1.26 bits per heavy atom. The molecule has 1 heterocycles. The molecule has 0 unspecified atom stereocenters. The van der Waals surface area contributed by atoms with E-state index in [4.69, 9.17) is 4.74 Å². The van der Waals surface area contributed by atoms with Gasteiger partial charge in [-0.05, 0) is 5.56 Å².